The molecule has 1 aliphatic rings. The quantitative estimate of drug-likeness (QED) is 0.0672. The highest BCUT2D eigenvalue weighted by Crippen LogP contribution is 2.53. The molecule has 3 N–H and O–H groups in total. The van der Waals surface area contributed by atoms with Crippen LogP contribution in [0.25, 0.3) is 38.2 Å². The summed E-state index contributed by atoms with van der Waals surface area (Å²) in [7, 11) is 0. The Kier molecular flexibility index (Phi) is 10.4. The lowest BCUT2D eigenvalue weighted by atomic mass is 9.86. The van der Waals surface area contributed by atoms with Gasteiger partial charge in [-0.15, -0.1) is 0 Å². The number of benzene rings is 6. The van der Waals surface area contributed by atoms with Crippen LogP contribution >= 0.6 is 0 Å². The highest BCUT2D eigenvalue weighted by atomic mass is 16.3. The van der Waals surface area contributed by atoms with Gasteiger partial charge >= 0.3 is 0 Å². The van der Waals surface area contributed by atoms with Crippen LogP contribution in [0.3, 0.4) is 0 Å². The maximum atomic E-state index is 11.5. The lowest BCUT2D eigenvalue weighted by Crippen LogP contribution is -2.15. The van der Waals surface area contributed by atoms with Crippen LogP contribution in [0.4, 0.5) is 17.1 Å². The molecule has 0 bridgehead atoms. The Labute approximate surface area is 313 Å². The molecule has 53 heavy (non-hydrogen) atoms. The van der Waals surface area contributed by atoms with Crippen molar-refractivity contribution in [2.24, 2.45) is 0 Å². The van der Waals surface area contributed by atoms with E-state index in [9.17, 15) is 15.3 Å². The van der Waals surface area contributed by atoms with Gasteiger partial charge in [-0.1, -0.05) is 136 Å². The zero-order valence-corrected chi connectivity index (χ0v) is 31.4. The van der Waals surface area contributed by atoms with Crippen LogP contribution in [-0.4, -0.2) is 15.3 Å². The van der Waals surface area contributed by atoms with Gasteiger partial charge in [-0.2, -0.15) is 0 Å². The number of nitrogens with zero attached hydrogens (tertiary/aromatic N) is 1. The molecule has 0 fully saturated rings. The van der Waals surface area contributed by atoms with E-state index in [-0.39, 0.29) is 28.4 Å². The first kappa shape index (κ1) is 36.5. The predicted octanol–water partition coefficient (Wildman–Crippen LogP) is 13.4. The minimum atomic E-state index is -0.368. The van der Waals surface area contributed by atoms with E-state index in [0.717, 1.165) is 39.2 Å². The van der Waals surface area contributed by atoms with Gasteiger partial charge in [-0.25, -0.2) is 0 Å². The van der Waals surface area contributed by atoms with Gasteiger partial charge < -0.3 is 20.2 Å². The molecule has 0 spiro atoms. The molecular weight excluding hydrogens is 651 g/mol. The minimum absolute atomic E-state index is 0.0831. The number of phenols is 3. The van der Waals surface area contributed by atoms with E-state index in [1.807, 2.05) is 67.3 Å². The van der Waals surface area contributed by atoms with E-state index in [1.54, 1.807) is 19.9 Å². The number of fused-ring (bicyclic) bond motifs is 4. The topological polar surface area (TPSA) is 63.9 Å². The van der Waals surface area contributed by atoms with E-state index in [0.29, 0.717) is 11.1 Å². The summed E-state index contributed by atoms with van der Waals surface area (Å²) in [5, 5.41) is 38.7. The molecule has 7 rings (SSSR count). The van der Waals surface area contributed by atoms with Gasteiger partial charge in [0, 0.05) is 22.4 Å². The summed E-state index contributed by atoms with van der Waals surface area (Å²) < 4.78 is 0. The molecule has 0 saturated heterocycles. The largest absolute Gasteiger partial charge is 0.505 e. The third-order valence-corrected chi connectivity index (χ3v) is 10.1. The number of hydrogen-bond donors (Lipinski definition) is 3. The predicted molar refractivity (Wildman–Crippen MR) is 226 cm³/mol. The molecule has 0 atom stereocenters. The van der Waals surface area contributed by atoms with Gasteiger partial charge in [0.2, 0.25) is 0 Å². The Balaban J connectivity index is 0.000000902. The molecule has 0 unspecified atom stereocenters. The van der Waals surface area contributed by atoms with Gasteiger partial charge in [0.05, 0.1) is 0 Å². The highest BCUT2D eigenvalue weighted by molar-refractivity contribution is 6.13. The fourth-order valence-corrected chi connectivity index (χ4v) is 7.18. The summed E-state index contributed by atoms with van der Waals surface area (Å²) in [4.78, 5) is 1.84. The van der Waals surface area contributed by atoms with E-state index in [4.69, 9.17) is 0 Å². The van der Waals surface area contributed by atoms with Gasteiger partial charge in [0.15, 0.2) is 11.5 Å². The Bertz CT molecular complexity index is 2430. The molecule has 4 heteroatoms. The number of allylic oxidation sites excluding steroid dienone is 9. The molecule has 1 aliphatic carbocycles. The average molecular weight is 698 g/mol. The maximum absolute atomic E-state index is 11.5. The summed E-state index contributed by atoms with van der Waals surface area (Å²) in [6, 6.07) is 33.6. The van der Waals surface area contributed by atoms with Crippen molar-refractivity contribution < 1.29 is 15.3 Å². The van der Waals surface area contributed by atoms with E-state index < -0.39 is 0 Å². The van der Waals surface area contributed by atoms with Crippen molar-refractivity contribution in [1.29, 1.82) is 0 Å². The summed E-state index contributed by atoms with van der Waals surface area (Å²) in [6.45, 7) is 15.2. The van der Waals surface area contributed by atoms with Gasteiger partial charge in [0.25, 0.3) is 0 Å². The summed E-state index contributed by atoms with van der Waals surface area (Å²) in [6.07, 6.45) is 16.0. The minimum Gasteiger partial charge on any atom is -0.505 e. The van der Waals surface area contributed by atoms with Crippen LogP contribution in [0.1, 0.15) is 49.9 Å². The van der Waals surface area contributed by atoms with Crippen LogP contribution < -0.4 is 4.90 Å². The van der Waals surface area contributed by atoms with Crippen LogP contribution in [0, 0.1) is 13.8 Å². The number of rotatable bonds is 7. The van der Waals surface area contributed by atoms with Crippen molar-refractivity contribution in [2.75, 3.05) is 4.90 Å². The maximum Gasteiger partial charge on any atom is 0.186 e. The summed E-state index contributed by atoms with van der Waals surface area (Å²) in [5.41, 5.74) is 7.91. The highest BCUT2D eigenvalue weighted by Gasteiger charge is 2.32. The van der Waals surface area contributed by atoms with Gasteiger partial charge in [-0.3, -0.25) is 0 Å². The standard InChI is InChI=1S/C44H39NO3.C5H8/c1-6-7-8-14-31-26-44(4,5)39-25-33(22-23-35(31)39)45(40-41(46)27(2)28(3)42(47)43(40)48)32-20-18-29(19-21-32)38-24-30-13-9-10-15-34(30)36-16-11-12-17-37(36)38;1-3-5-4-2/h6-26,46-48H,1-5H3;3-5H,1H2,2H3/b7-6-,14-8-;5-4-. The Morgan fingerprint density at radius 1 is 0.623 bits per heavy atom. The second-order valence-corrected chi connectivity index (χ2v) is 13.9. The Hall–Kier alpha value is -6.26. The molecule has 266 valence electrons. The molecule has 0 aliphatic heterocycles. The fraction of sp³-hybridized carbons (Fsp3) is 0.143. The molecule has 0 radical (unpaired) electrons. The van der Waals surface area contributed by atoms with Gasteiger partial charge in [0.1, 0.15) is 11.4 Å². The monoisotopic (exact) mass is 697 g/mol. The number of phenolic OH excluding ortho intramolecular Hbond substituents is 3. The lowest BCUT2D eigenvalue weighted by molar-refractivity contribution is 0.394. The van der Waals surface area contributed by atoms with E-state index in [2.05, 4.69) is 111 Å². The molecule has 4 nitrogen and oxygen atoms in total. The SMILES string of the molecule is C/C=C\C=C/C1=CC(C)(C)c2cc(N(c3ccc(-c4cc5ccccc5c5ccccc45)cc3)c3c(O)c(C)c(C)c(O)c3O)ccc21.C=C/C=C\C. The zero-order valence-electron chi connectivity index (χ0n) is 31.4. The number of anilines is 3. The third-order valence-electron chi connectivity index (χ3n) is 10.1. The van der Waals surface area contributed by atoms with Crippen molar-refractivity contribution in [3.8, 4) is 28.4 Å². The molecular formula is C49H47NO3. The van der Waals surface area contributed by atoms with Crippen LogP contribution in [-0.2, 0) is 5.41 Å². The number of aromatic hydroxyl groups is 3. The zero-order chi connectivity index (χ0) is 37.9. The lowest BCUT2D eigenvalue weighted by Gasteiger charge is -2.30. The van der Waals surface area contributed by atoms with Crippen molar-refractivity contribution in [2.45, 2.75) is 47.0 Å². The van der Waals surface area contributed by atoms with Gasteiger partial charge in [-0.05, 0) is 113 Å². The smallest absolute Gasteiger partial charge is 0.186 e. The third kappa shape index (κ3) is 6.88. The van der Waals surface area contributed by atoms with Crippen molar-refractivity contribution >= 4 is 44.2 Å². The molecule has 6 aromatic rings. The van der Waals surface area contributed by atoms with Crippen molar-refractivity contribution in [1.82, 2.24) is 0 Å². The molecule has 0 saturated carbocycles. The number of hydrogen-bond acceptors (Lipinski definition) is 4. The van der Waals surface area contributed by atoms with Crippen LogP contribution in [0.15, 0.2) is 152 Å². The molecule has 0 amide bonds. The fourth-order valence-electron chi connectivity index (χ4n) is 7.18. The average Bonchev–Trinajstić information content (AvgIpc) is 3.43. The first-order valence-corrected chi connectivity index (χ1v) is 18.0. The Morgan fingerprint density at radius 3 is 1.91 bits per heavy atom. The van der Waals surface area contributed by atoms with Crippen molar-refractivity contribution in [3.05, 3.63) is 175 Å². The summed E-state index contributed by atoms with van der Waals surface area (Å²) in [5.74, 6) is -0.697. The van der Waals surface area contributed by atoms with Crippen molar-refractivity contribution in [3.63, 3.8) is 0 Å². The first-order valence-electron chi connectivity index (χ1n) is 18.0. The van der Waals surface area contributed by atoms with Crippen LogP contribution in [0.5, 0.6) is 17.2 Å². The summed E-state index contributed by atoms with van der Waals surface area (Å²) >= 11 is 0. The Morgan fingerprint density at radius 2 is 1.25 bits per heavy atom. The second-order valence-electron chi connectivity index (χ2n) is 13.9. The van der Waals surface area contributed by atoms with E-state index >= 15 is 0 Å². The van der Waals surface area contributed by atoms with Crippen LogP contribution in [0.2, 0.25) is 0 Å². The molecule has 0 heterocycles. The second kappa shape index (κ2) is 15.1. The first-order chi connectivity index (χ1) is 25.5. The molecule has 0 aromatic heterocycles. The van der Waals surface area contributed by atoms with E-state index in [1.165, 1.54) is 21.5 Å². The normalized spacial score (nSPS) is 13.4. The molecule has 6 aromatic carbocycles.